The Kier molecular flexibility index (Phi) is 5.47. The van der Waals surface area contributed by atoms with Crippen LogP contribution in [0, 0.1) is 0 Å². The van der Waals surface area contributed by atoms with Crippen molar-refractivity contribution >= 4 is 23.2 Å². The van der Waals surface area contributed by atoms with E-state index in [1.165, 1.54) is 0 Å². The Balaban J connectivity index is 3.16. The van der Waals surface area contributed by atoms with Gasteiger partial charge in [0.25, 0.3) is 0 Å². The fourth-order valence-electron chi connectivity index (χ4n) is 1.69. The summed E-state index contributed by atoms with van der Waals surface area (Å²) in [6.07, 6.45) is 2.25. The van der Waals surface area contributed by atoms with Crippen LogP contribution >= 0.6 is 23.2 Å². The Bertz CT molecular complexity index is 387. The van der Waals surface area contributed by atoms with E-state index in [0.717, 1.165) is 5.56 Å². The zero-order chi connectivity index (χ0) is 12.9. The van der Waals surface area contributed by atoms with Gasteiger partial charge in [0.1, 0.15) is 5.60 Å². The number of ether oxygens (including phenoxy) is 1. The zero-order valence-corrected chi connectivity index (χ0v) is 11.3. The molecule has 1 aromatic rings. The van der Waals surface area contributed by atoms with Crippen LogP contribution in [-0.4, -0.2) is 18.3 Å². The summed E-state index contributed by atoms with van der Waals surface area (Å²) >= 11 is 12.0. The van der Waals surface area contributed by atoms with Gasteiger partial charge in [-0.05, 0) is 18.6 Å². The molecule has 1 N–H and O–H groups in total. The van der Waals surface area contributed by atoms with Crippen LogP contribution in [0.3, 0.4) is 0 Å². The molecule has 0 aliphatic heterocycles. The smallest absolute Gasteiger partial charge is 0.118 e. The van der Waals surface area contributed by atoms with Crippen LogP contribution in [0.1, 0.15) is 18.9 Å². The number of hydrogen-bond donors (Lipinski definition) is 1. The van der Waals surface area contributed by atoms with Crippen LogP contribution in [0.15, 0.2) is 30.9 Å². The summed E-state index contributed by atoms with van der Waals surface area (Å²) in [5, 5.41) is 10.7. The number of aliphatic hydroxyl groups excluding tert-OH is 1. The molecule has 1 aromatic carbocycles. The van der Waals surface area contributed by atoms with E-state index in [-0.39, 0.29) is 6.61 Å². The normalized spacial score (nSPS) is 14.4. The summed E-state index contributed by atoms with van der Waals surface area (Å²) in [4.78, 5) is 0. The van der Waals surface area contributed by atoms with Gasteiger partial charge in [0, 0.05) is 15.6 Å². The third kappa shape index (κ3) is 3.23. The maximum Gasteiger partial charge on any atom is 0.118 e. The molecule has 94 valence electrons. The van der Waals surface area contributed by atoms with Crippen LogP contribution in [0.5, 0.6) is 0 Å². The predicted octanol–water partition coefficient (Wildman–Crippen LogP) is 3.79. The Morgan fingerprint density at radius 3 is 2.65 bits per heavy atom. The number of halogens is 2. The van der Waals surface area contributed by atoms with Crippen molar-refractivity contribution in [2.75, 3.05) is 13.2 Å². The highest BCUT2D eigenvalue weighted by molar-refractivity contribution is 6.35. The highest BCUT2D eigenvalue weighted by atomic mass is 35.5. The van der Waals surface area contributed by atoms with E-state index in [1.54, 1.807) is 24.3 Å². The second-order valence-electron chi connectivity index (χ2n) is 3.73. The lowest BCUT2D eigenvalue weighted by atomic mass is 9.91. The van der Waals surface area contributed by atoms with E-state index in [4.69, 9.17) is 27.9 Å². The predicted molar refractivity (Wildman–Crippen MR) is 71.7 cm³/mol. The van der Waals surface area contributed by atoms with Gasteiger partial charge < -0.3 is 9.84 Å². The van der Waals surface area contributed by atoms with E-state index in [1.807, 2.05) is 6.92 Å². The molecule has 0 bridgehead atoms. The first-order valence-electron chi connectivity index (χ1n) is 5.41. The summed E-state index contributed by atoms with van der Waals surface area (Å²) in [6, 6.07) is 5.17. The van der Waals surface area contributed by atoms with Gasteiger partial charge in [-0.25, -0.2) is 0 Å². The van der Waals surface area contributed by atoms with Gasteiger partial charge >= 0.3 is 0 Å². The maximum absolute atomic E-state index is 9.60. The van der Waals surface area contributed by atoms with Crippen LogP contribution in [0.2, 0.25) is 10.0 Å². The first-order chi connectivity index (χ1) is 8.09. The fourth-order valence-corrected chi connectivity index (χ4v) is 2.27. The molecule has 17 heavy (non-hydrogen) atoms. The molecular weight excluding hydrogens is 259 g/mol. The highest BCUT2D eigenvalue weighted by Gasteiger charge is 2.32. The summed E-state index contributed by atoms with van der Waals surface area (Å²) in [7, 11) is 0. The molecule has 0 saturated heterocycles. The van der Waals surface area contributed by atoms with Crippen molar-refractivity contribution in [1.82, 2.24) is 0 Å². The largest absolute Gasteiger partial charge is 0.393 e. The van der Waals surface area contributed by atoms with Crippen LogP contribution in [-0.2, 0) is 10.3 Å². The molecule has 1 atom stereocenters. The Labute approximate surface area is 112 Å². The van der Waals surface area contributed by atoms with Crippen LogP contribution < -0.4 is 0 Å². The summed E-state index contributed by atoms with van der Waals surface area (Å²) < 4.78 is 5.69. The molecule has 0 aromatic heterocycles. The second kappa shape index (κ2) is 6.41. The molecule has 0 aliphatic carbocycles. The summed E-state index contributed by atoms with van der Waals surface area (Å²) in [6.45, 7) is 5.75. The monoisotopic (exact) mass is 274 g/mol. The molecule has 0 spiro atoms. The second-order valence-corrected chi connectivity index (χ2v) is 4.57. The molecule has 0 radical (unpaired) electrons. The number of aliphatic hydroxyl groups is 1. The van der Waals surface area contributed by atoms with E-state index in [9.17, 15) is 5.11 Å². The van der Waals surface area contributed by atoms with Gasteiger partial charge in [0.2, 0.25) is 0 Å². The van der Waals surface area contributed by atoms with Crippen molar-refractivity contribution in [2.45, 2.75) is 18.9 Å². The Morgan fingerprint density at radius 1 is 1.47 bits per heavy atom. The maximum atomic E-state index is 9.60. The lowest BCUT2D eigenvalue weighted by Gasteiger charge is -2.32. The van der Waals surface area contributed by atoms with Crippen molar-refractivity contribution in [2.24, 2.45) is 0 Å². The van der Waals surface area contributed by atoms with Crippen molar-refractivity contribution in [3.8, 4) is 0 Å². The number of benzene rings is 1. The number of rotatable bonds is 6. The molecule has 0 saturated carbocycles. The Hall–Kier alpha value is -0.540. The molecular formula is C13H16Cl2O2. The average Bonchev–Trinajstić information content (AvgIpc) is 2.32. The SMILES string of the molecule is C=CCOC(CC)(CO)c1ccc(Cl)cc1Cl. The minimum Gasteiger partial charge on any atom is -0.393 e. The van der Waals surface area contributed by atoms with Crippen LogP contribution in [0.4, 0.5) is 0 Å². The quantitative estimate of drug-likeness (QED) is 0.800. The van der Waals surface area contributed by atoms with Crippen LogP contribution in [0.25, 0.3) is 0 Å². The Morgan fingerprint density at radius 2 is 2.18 bits per heavy atom. The molecule has 0 amide bonds. The standard InChI is InChI=1S/C13H16Cl2O2/c1-3-7-17-13(4-2,9-16)11-6-5-10(14)8-12(11)15/h3,5-6,8,16H,1,4,7,9H2,2H3. The van der Waals surface area contributed by atoms with Gasteiger partial charge in [0.05, 0.1) is 13.2 Å². The first-order valence-corrected chi connectivity index (χ1v) is 6.16. The van der Waals surface area contributed by atoms with Crippen molar-refractivity contribution in [1.29, 1.82) is 0 Å². The van der Waals surface area contributed by atoms with E-state index in [2.05, 4.69) is 6.58 Å². The molecule has 2 nitrogen and oxygen atoms in total. The van der Waals surface area contributed by atoms with E-state index < -0.39 is 5.60 Å². The van der Waals surface area contributed by atoms with Crippen molar-refractivity contribution in [3.05, 3.63) is 46.5 Å². The third-order valence-electron chi connectivity index (χ3n) is 2.73. The summed E-state index contributed by atoms with van der Waals surface area (Å²) in [5.74, 6) is 0. The molecule has 0 fully saturated rings. The lowest BCUT2D eigenvalue weighted by Crippen LogP contribution is -2.33. The summed E-state index contributed by atoms with van der Waals surface area (Å²) in [5.41, 5.74) is -0.0500. The molecule has 1 rings (SSSR count). The minimum atomic E-state index is -0.796. The third-order valence-corrected chi connectivity index (χ3v) is 3.27. The van der Waals surface area contributed by atoms with Gasteiger partial charge in [0.15, 0.2) is 0 Å². The molecule has 4 heteroatoms. The highest BCUT2D eigenvalue weighted by Crippen LogP contribution is 2.35. The van der Waals surface area contributed by atoms with Gasteiger partial charge in [-0.1, -0.05) is 42.3 Å². The van der Waals surface area contributed by atoms with E-state index in [0.29, 0.717) is 23.1 Å². The first kappa shape index (κ1) is 14.5. The average molecular weight is 275 g/mol. The lowest BCUT2D eigenvalue weighted by molar-refractivity contribution is -0.0764. The van der Waals surface area contributed by atoms with Gasteiger partial charge in [-0.2, -0.15) is 0 Å². The zero-order valence-electron chi connectivity index (χ0n) is 9.75. The van der Waals surface area contributed by atoms with Crippen molar-refractivity contribution in [3.63, 3.8) is 0 Å². The van der Waals surface area contributed by atoms with E-state index >= 15 is 0 Å². The topological polar surface area (TPSA) is 29.5 Å². The molecule has 0 aliphatic rings. The minimum absolute atomic E-state index is 0.140. The van der Waals surface area contributed by atoms with Gasteiger partial charge in [-0.15, -0.1) is 6.58 Å². The fraction of sp³-hybridized carbons (Fsp3) is 0.385. The van der Waals surface area contributed by atoms with Crippen molar-refractivity contribution < 1.29 is 9.84 Å². The number of hydrogen-bond acceptors (Lipinski definition) is 2. The molecule has 1 unspecified atom stereocenters. The molecule has 0 heterocycles. The van der Waals surface area contributed by atoms with Gasteiger partial charge in [-0.3, -0.25) is 0 Å².